The number of carbonyl (C=O) groups is 1. The number of carbonyl (C=O) groups excluding carboxylic acids is 1. The second-order valence-electron chi connectivity index (χ2n) is 5.29. The van der Waals surface area contributed by atoms with E-state index in [4.69, 9.17) is 10.5 Å². The summed E-state index contributed by atoms with van der Waals surface area (Å²) in [5.41, 5.74) is 6.56. The summed E-state index contributed by atoms with van der Waals surface area (Å²) in [6, 6.07) is -0.116. The molecule has 0 spiro atoms. The summed E-state index contributed by atoms with van der Waals surface area (Å²) < 4.78 is 5.69. The van der Waals surface area contributed by atoms with Crippen LogP contribution in [0, 0.1) is 11.8 Å². The van der Waals surface area contributed by atoms with Crippen LogP contribution in [0.15, 0.2) is 5.38 Å². The Balaban J connectivity index is 2.04. The molecule has 5 unspecified atom stereocenters. The lowest BCUT2D eigenvalue weighted by atomic mass is 9.89. The number of nitrogens with two attached hydrogens (primary N) is 1. The van der Waals surface area contributed by atoms with Gasteiger partial charge in [-0.05, 0) is 26.7 Å². The van der Waals surface area contributed by atoms with Crippen molar-refractivity contribution in [2.45, 2.75) is 45.9 Å². The number of rotatable bonds is 3. The minimum atomic E-state index is -0.127. The standard InChI is InChI=1S/C13H21N3O2S/c1-6-8(3)18-9(4)11(6)12(17)16-13-15-10(5-19-13)7(2)14/h5-9,11H,14H2,1-4H3,(H,15,16,17). The first-order chi connectivity index (χ1) is 8.90. The third kappa shape index (κ3) is 2.96. The van der Waals surface area contributed by atoms with Crippen LogP contribution >= 0.6 is 11.3 Å². The van der Waals surface area contributed by atoms with Crippen molar-refractivity contribution in [3.63, 3.8) is 0 Å². The lowest BCUT2D eigenvalue weighted by molar-refractivity contribution is -0.121. The van der Waals surface area contributed by atoms with Crippen LogP contribution in [-0.2, 0) is 9.53 Å². The molecule has 6 heteroatoms. The van der Waals surface area contributed by atoms with Crippen LogP contribution in [0.2, 0.25) is 0 Å². The Hall–Kier alpha value is -0.980. The fourth-order valence-corrected chi connectivity index (χ4v) is 3.28. The predicted octanol–water partition coefficient (Wildman–Crippen LogP) is 2.16. The maximum absolute atomic E-state index is 12.3. The highest BCUT2D eigenvalue weighted by Crippen LogP contribution is 2.33. The number of nitrogens with zero attached hydrogens (tertiary/aromatic N) is 1. The lowest BCUT2D eigenvalue weighted by Gasteiger charge is -2.16. The van der Waals surface area contributed by atoms with Gasteiger partial charge in [0.25, 0.3) is 0 Å². The quantitative estimate of drug-likeness (QED) is 0.891. The highest BCUT2D eigenvalue weighted by molar-refractivity contribution is 7.13. The average molecular weight is 283 g/mol. The fourth-order valence-electron chi connectivity index (χ4n) is 2.46. The highest BCUT2D eigenvalue weighted by atomic mass is 32.1. The Kier molecular flexibility index (Phi) is 4.23. The number of nitrogens with one attached hydrogen (secondary N) is 1. The second kappa shape index (κ2) is 5.56. The number of hydrogen-bond donors (Lipinski definition) is 2. The maximum atomic E-state index is 12.3. The van der Waals surface area contributed by atoms with E-state index < -0.39 is 0 Å². The molecule has 2 heterocycles. The molecule has 3 N–H and O–H groups in total. The van der Waals surface area contributed by atoms with Gasteiger partial charge in [-0.25, -0.2) is 4.98 Å². The Morgan fingerprint density at radius 2 is 2.16 bits per heavy atom. The van der Waals surface area contributed by atoms with Gasteiger partial charge in [-0.3, -0.25) is 4.79 Å². The molecule has 0 saturated carbocycles. The van der Waals surface area contributed by atoms with Gasteiger partial charge in [0, 0.05) is 11.4 Å². The van der Waals surface area contributed by atoms with E-state index in [1.54, 1.807) is 0 Å². The van der Waals surface area contributed by atoms with Gasteiger partial charge in [-0.2, -0.15) is 0 Å². The van der Waals surface area contributed by atoms with Crippen molar-refractivity contribution in [3.8, 4) is 0 Å². The summed E-state index contributed by atoms with van der Waals surface area (Å²) in [6.45, 7) is 7.87. The molecule has 1 fully saturated rings. The summed E-state index contributed by atoms with van der Waals surface area (Å²) in [5.74, 6) is 0.0652. The molecule has 5 nitrogen and oxygen atoms in total. The van der Waals surface area contributed by atoms with E-state index in [0.29, 0.717) is 5.13 Å². The first kappa shape index (κ1) is 14.4. The molecular weight excluding hydrogens is 262 g/mol. The molecule has 1 aromatic rings. The van der Waals surface area contributed by atoms with E-state index in [-0.39, 0.29) is 36.0 Å². The Bertz CT molecular complexity index is 460. The minimum Gasteiger partial charge on any atom is -0.374 e. The van der Waals surface area contributed by atoms with Crippen LogP contribution in [0.3, 0.4) is 0 Å². The van der Waals surface area contributed by atoms with Gasteiger partial charge in [0.15, 0.2) is 5.13 Å². The molecule has 1 aliphatic heterocycles. The minimum absolute atomic E-state index is 0.0186. The summed E-state index contributed by atoms with van der Waals surface area (Å²) in [7, 11) is 0. The van der Waals surface area contributed by atoms with Gasteiger partial charge in [0.1, 0.15) is 0 Å². The Morgan fingerprint density at radius 3 is 2.63 bits per heavy atom. The zero-order chi connectivity index (χ0) is 14.2. The molecule has 1 saturated heterocycles. The molecule has 106 valence electrons. The van der Waals surface area contributed by atoms with Gasteiger partial charge in [0.05, 0.1) is 23.8 Å². The van der Waals surface area contributed by atoms with Crippen LogP contribution in [0.5, 0.6) is 0 Å². The van der Waals surface area contributed by atoms with E-state index in [9.17, 15) is 4.79 Å². The fraction of sp³-hybridized carbons (Fsp3) is 0.692. The van der Waals surface area contributed by atoms with Crippen LogP contribution in [0.4, 0.5) is 5.13 Å². The van der Waals surface area contributed by atoms with Crippen LogP contribution in [0.1, 0.15) is 39.4 Å². The molecule has 19 heavy (non-hydrogen) atoms. The van der Waals surface area contributed by atoms with Gasteiger partial charge < -0.3 is 15.8 Å². The molecule has 0 aliphatic carbocycles. The molecule has 1 amide bonds. The van der Waals surface area contributed by atoms with Crippen LogP contribution in [-0.4, -0.2) is 23.1 Å². The number of hydrogen-bond acceptors (Lipinski definition) is 5. The first-order valence-electron chi connectivity index (χ1n) is 6.57. The zero-order valence-electron chi connectivity index (χ0n) is 11.7. The third-order valence-electron chi connectivity index (χ3n) is 3.76. The van der Waals surface area contributed by atoms with Crippen LogP contribution in [0.25, 0.3) is 0 Å². The van der Waals surface area contributed by atoms with E-state index in [0.717, 1.165) is 5.69 Å². The number of thiazole rings is 1. The highest BCUT2D eigenvalue weighted by Gasteiger charge is 2.41. The number of ether oxygens (including phenoxy) is 1. The molecule has 2 rings (SSSR count). The predicted molar refractivity (Wildman–Crippen MR) is 76.0 cm³/mol. The van der Waals surface area contributed by atoms with E-state index >= 15 is 0 Å². The van der Waals surface area contributed by atoms with Crippen LogP contribution < -0.4 is 11.1 Å². The van der Waals surface area contributed by atoms with Gasteiger partial charge >= 0.3 is 0 Å². The monoisotopic (exact) mass is 283 g/mol. The normalized spacial score (nSPS) is 32.3. The van der Waals surface area contributed by atoms with E-state index in [1.165, 1.54) is 11.3 Å². The second-order valence-corrected chi connectivity index (χ2v) is 6.14. The van der Waals surface area contributed by atoms with E-state index in [2.05, 4.69) is 10.3 Å². The Labute approximate surface area is 117 Å². The first-order valence-corrected chi connectivity index (χ1v) is 7.45. The lowest BCUT2D eigenvalue weighted by Crippen LogP contribution is -2.31. The topological polar surface area (TPSA) is 77.2 Å². The Morgan fingerprint density at radius 1 is 1.47 bits per heavy atom. The maximum Gasteiger partial charge on any atom is 0.232 e. The number of aromatic nitrogens is 1. The summed E-state index contributed by atoms with van der Waals surface area (Å²) >= 11 is 1.40. The van der Waals surface area contributed by atoms with Crippen molar-refractivity contribution in [1.29, 1.82) is 0 Å². The van der Waals surface area contributed by atoms with Crippen molar-refractivity contribution >= 4 is 22.4 Å². The number of anilines is 1. The largest absolute Gasteiger partial charge is 0.374 e. The van der Waals surface area contributed by atoms with Gasteiger partial charge in [-0.15, -0.1) is 11.3 Å². The van der Waals surface area contributed by atoms with Gasteiger partial charge in [0.2, 0.25) is 5.91 Å². The molecule has 0 aromatic carbocycles. The summed E-state index contributed by atoms with van der Waals surface area (Å²) in [5, 5.41) is 5.36. The molecule has 1 aromatic heterocycles. The summed E-state index contributed by atoms with van der Waals surface area (Å²) in [6.07, 6.45) is 0.0551. The average Bonchev–Trinajstić information content (AvgIpc) is 2.85. The van der Waals surface area contributed by atoms with Crippen molar-refractivity contribution in [2.24, 2.45) is 17.6 Å². The molecule has 0 bridgehead atoms. The summed E-state index contributed by atoms with van der Waals surface area (Å²) in [4.78, 5) is 16.6. The van der Waals surface area contributed by atoms with Crippen molar-refractivity contribution < 1.29 is 9.53 Å². The smallest absolute Gasteiger partial charge is 0.232 e. The molecule has 0 radical (unpaired) electrons. The molecule has 1 aliphatic rings. The molecular formula is C13H21N3O2S. The zero-order valence-corrected chi connectivity index (χ0v) is 12.5. The van der Waals surface area contributed by atoms with Gasteiger partial charge in [-0.1, -0.05) is 6.92 Å². The van der Waals surface area contributed by atoms with Crippen molar-refractivity contribution in [3.05, 3.63) is 11.1 Å². The third-order valence-corrected chi connectivity index (χ3v) is 4.54. The molecule has 5 atom stereocenters. The van der Waals surface area contributed by atoms with Crippen molar-refractivity contribution in [1.82, 2.24) is 4.98 Å². The van der Waals surface area contributed by atoms with E-state index in [1.807, 2.05) is 33.1 Å². The number of amides is 1. The SMILES string of the molecule is CC(N)c1csc(NC(=O)C2C(C)OC(C)C2C)n1. The van der Waals surface area contributed by atoms with Crippen molar-refractivity contribution in [2.75, 3.05) is 5.32 Å².